The van der Waals surface area contributed by atoms with Crippen LogP contribution in [0.1, 0.15) is 17.0 Å². The van der Waals surface area contributed by atoms with E-state index < -0.39 is 27.3 Å². The number of methoxy groups -OCH3 is 1. The molecule has 1 amide bonds. The van der Waals surface area contributed by atoms with Gasteiger partial charge in [-0.15, -0.1) is 0 Å². The molecule has 0 fully saturated rings. The molecule has 0 radical (unpaired) electrons. The van der Waals surface area contributed by atoms with Crippen LogP contribution >= 0.6 is 0 Å². The van der Waals surface area contributed by atoms with Gasteiger partial charge in [-0.25, -0.2) is 17.8 Å². The predicted molar refractivity (Wildman–Crippen MR) is 109 cm³/mol. The molecule has 0 aliphatic rings. The van der Waals surface area contributed by atoms with Gasteiger partial charge in [-0.1, -0.05) is 12.1 Å². The summed E-state index contributed by atoms with van der Waals surface area (Å²) in [6, 6.07) is 12.6. The number of oxazole rings is 1. The van der Waals surface area contributed by atoms with Crippen molar-refractivity contribution in [2.45, 2.75) is 19.2 Å². The van der Waals surface area contributed by atoms with Crippen molar-refractivity contribution in [2.75, 3.05) is 12.9 Å². The van der Waals surface area contributed by atoms with E-state index in [0.717, 1.165) is 0 Å². The zero-order valence-electron chi connectivity index (χ0n) is 16.5. The molecule has 0 aliphatic heterocycles. The van der Waals surface area contributed by atoms with E-state index in [1.54, 1.807) is 38.3 Å². The van der Waals surface area contributed by atoms with Crippen LogP contribution in [0.2, 0.25) is 0 Å². The van der Waals surface area contributed by atoms with Gasteiger partial charge in [0.2, 0.25) is 11.8 Å². The van der Waals surface area contributed by atoms with Crippen molar-refractivity contribution in [3.05, 3.63) is 71.4 Å². The normalized spacial score (nSPS) is 11.3. The minimum Gasteiger partial charge on any atom is -0.497 e. The van der Waals surface area contributed by atoms with Crippen LogP contribution in [0.15, 0.2) is 52.9 Å². The fourth-order valence-electron chi connectivity index (χ4n) is 2.73. The van der Waals surface area contributed by atoms with E-state index in [0.29, 0.717) is 28.5 Å². The fraction of sp³-hybridized carbons (Fsp3) is 0.238. The number of carbonyl (C=O) groups excluding carboxylic acids is 1. The maximum absolute atomic E-state index is 12.9. The molecule has 7 nitrogen and oxygen atoms in total. The van der Waals surface area contributed by atoms with Crippen LogP contribution in [0.25, 0.3) is 11.5 Å². The van der Waals surface area contributed by atoms with E-state index in [9.17, 15) is 17.6 Å². The van der Waals surface area contributed by atoms with Crippen molar-refractivity contribution >= 4 is 15.7 Å². The van der Waals surface area contributed by atoms with Crippen molar-refractivity contribution in [3.8, 4) is 17.2 Å². The Morgan fingerprint density at radius 1 is 1.13 bits per heavy atom. The molecule has 0 atom stereocenters. The number of ether oxygens (including phenoxy) is 1. The molecule has 0 spiro atoms. The Bertz CT molecular complexity index is 1120. The van der Waals surface area contributed by atoms with Crippen LogP contribution in [-0.4, -0.2) is 32.2 Å². The highest BCUT2D eigenvalue weighted by atomic mass is 32.2. The SMILES string of the molecule is COc1ccc(-c2nc(CS(=O)(=O)CC(=O)NCc3ccc(F)cc3)c(C)o2)cc1. The third-order valence-electron chi connectivity index (χ3n) is 4.34. The Kier molecular flexibility index (Phi) is 6.51. The van der Waals surface area contributed by atoms with Crippen LogP contribution in [0.3, 0.4) is 0 Å². The van der Waals surface area contributed by atoms with Gasteiger partial charge < -0.3 is 14.5 Å². The maximum Gasteiger partial charge on any atom is 0.235 e. The molecule has 30 heavy (non-hydrogen) atoms. The Balaban J connectivity index is 1.62. The van der Waals surface area contributed by atoms with Gasteiger partial charge in [-0.3, -0.25) is 4.79 Å². The molecule has 0 bridgehead atoms. The topological polar surface area (TPSA) is 98.5 Å². The Labute approximate surface area is 173 Å². The molecular formula is C21H21FN2O5S. The molecule has 1 aromatic heterocycles. The molecule has 1 heterocycles. The second-order valence-electron chi connectivity index (χ2n) is 6.69. The molecule has 3 aromatic rings. The minimum absolute atomic E-state index is 0.110. The van der Waals surface area contributed by atoms with Crippen molar-refractivity contribution in [3.63, 3.8) is 0 Å². The van der Waals surface area contributed by atoms with E-state index in [2.05, 4.69) is 10.3 Å². The number of nitrogens with one attached hydrogen (secondary N) is 1. The van der Waals surface area contributed by atoms with Gasteiger partial charge in [0.15, 0.2) is 9.84 Å². The van der Waals surface area contributed by atoms with Crippen LogP contribution in [-0.2, 0) is 26.9 Å². The number of sulfone groups is 1. The molecule has 0 saturated heterocycles. The lowest BCUT2D eigenvalue weighted by Crippen LogP contribution is -2.30. The first-order valence-electron chi connectivity index (χ1n) is 9.08. The lowest BCUT2D eigenvalue weighted by Gasteiger charge is -2.06. The summed E-state index contributed by atoms with van der Waals surface area (Å²) < 4.78 is 48.5. The van der Waals surface area contributed by atoms with Crippen molar-refractivity contribution < 1.29 is 26.8 Å². The van der Waals surface area contributed by atoms with Crippen LogP contribution in [0.5, 0.6) is 5.75 Å². The molecule has 0 aliphatic carbocycles. The summed E-state index contributed by atoms with van der Waals surface area (Å²) in [4.78, 5) is 16.3. The quantitative estimate of drug-likeness (QED) is 0.588. The van der Waals surface area contributed by atoms with E-state index in [1.807, 2.05) is 0 Å². The van der Waals surface area contributed by atoms with E-state index in [1.165, 1.54) is 24.3 Å². The summed E-state index contributed by atoms with van der Waals surface area (Å²) in [6.45, 7) is 1.73. The highest BCUT2D eigenvalue weighted by Crippen LogP contribution is 2.25. The van der Waals surface area contributed by atoms with Gasteiger partial charge in [0, 0.05) is 12.1 Å². The van der Waals surface area contributed by atoms with Crippen molar-refractivity contribution in [1.29, 1.82) is 0 Å². The number of carbonyl (C=O) groups is 1. The fourth-order valence-corrected chi connectivity index (χ4v) is 4.02. The maximum atomic E-state index is 12.9. The van der Waals surface area contributed by atoms with Crippen LogP contribution in [0.4, 0.5) is 4.39 Å². The van der Waals surface area contributed by atoms with Gasteiger partial charge in [0.1, 0.15) is 23.1 Å². The molecule has 3 rings (SSSR count). The first-order chi connectivity index (χ1) is 14.3. The molecule has 158 valence electrons. The smallest absolute Gasteiger partial charge is 0.235 e. The predicted octanol–water partition coefficient (Wildman–Crippen LogP) is 3.03. The van der Waals surface area contributed by atoms with E-state index in [-0.39, 0.29) is 18.1 Å². The van der Waals surface area contributed by atoms with E-state index >= 15 is 0 Å². The highest BCUT2D eigenvalue weighted by molar-refractivity contribution is 7.91. The molecular weight excluding hydrogens is 411 g/mol. The average Bonchev–Trinajstić information content (AvgIpc) is 3.07. The molecule has 0 unspecified atom stereocenters. The number of aromatic nitrogens is 1. The van der Waals surface area contributed by atoms with Gasteiger partial charge in [-0.05, 0) is 48.9 Å². The summed E-state index contributed by atoms with van der Waals surface area (Å²) in [6.07, 6.45) is 0. The number of hydrogen-bond acceptors (Lipinski definition) is 6. The molecule has 1 N–H and O–H groups in total. The van der Waals surface area contributed by atoms with Gasteiger partial charge in [0.25, 0.3) is 0 Å². The lowest BCUT2D eigenvalue weighted by molar-refractivity contribution is -0.118. The first kappa shape index (κ1) is 21.5. The summed E-state index contributed by atoms with van der Waals surface area (Å²) >= 11 is 0. The largest absolute Gasteiger partial charge is 0.497 e. The average molecular weight is 432 g/mol. The van der Waals surface area contributed by atoms with E-state index in [4.69, 9.17) is 9.15 Å². The first-order valence-corrected chi connectivity index (χ1v) is 10.9. The summed E-state index contributed by atoms with van der Waals surface area (Å²) in [5, 5.41) is 2.52. The number of rotatable bonds is 8. The number of benzene rings is 2. The zero-order chi connectivity index (χ0) is 21.7. The van der Waals surface area contributed by atoms with Crippen LogP contribution < -0.4 is 10.1 Å². The third-order valence-corrected chi connectivity index (χ3v) is 5.76. The highest BCUT2D eigenvalue weighted by Gasteiger charge is 2.22. The Morgan fingerprint density at radius 3 is 2.43 bits per heavy atom. The number of aryl methyl sites for hydroxylation is 1. The molecule has 0 saturated carbocycles. The number of halogens is 1. The van der Waals surface area contributed by atoms with Gasteiger partial charge in [0.05, 0.1) is 18.6 Å². The van der Waals surface area contributed by atoms with Crippen molar-refractivity contribution in [2.24, 2.45) is 0 Å². The second kappa shape index (κ2) is 9.08. The Hall–Kier alpha value is -3.20. The summed E-state index contributed by atoms with van der Waals surface area (Å²) in [5.74, 6) is -0.782. The molecule has 9 heteroatoms. The monoisotopic (exact) mass is 432 g/mol. The number of hydrogen-bond donors (Lipinski definition) is 1. The van der Waals surface area contributed by atoms with Crippen molar-refractivity contribution in [1.82, 2.24) is 10.3 Å². The van der Waals surface area contributed by atoms with Gasteiger partial charge in [-0.2, -0.15) is 0 Å². The Morgan fingerprint density at radius 2 is 1.80 bits per heavy atom. The summed E-state index contributed by atoms with van der Waals surface area (Å²) in [5.41, 5.74) is 1.60. The summed E-state index contributed by atoms with van der Waals surface area (Å²) in [7, 11) is -2.20. The standard InChI is InChI=1S/C21H21FN2O5S/c1-14-19(24-21(29-14)16-5-9-18(28-2)10-6-16)12-30(26,27)13-20(25)23-11-15-3-7-17(22)8-4-15/h3-10H,11-13H2,1-2H3,(H,23,25). The van der Waals surface area contributed by atoms with Crippen LogP contribution in [0, 0.1) is 12.7 Å². The van der Waals surface area contributed by atoms with Gasteiger partial charge >= 0.3 is 0 Å². The number of nitrogens with zero attached hydrogens (tertiary/aromatic N) is 1. The second-order valence-corrected chi connectivity index (χ2v) is 8.75. The number of amides is 1. The molecule has 2 aromatic carbocycles. The zero-order valence-corrected chi connectivity index (χ0v) is 17.3. The third kappa shape index (κ3) is 5.66. The minimum atomic E-state index is -3.76. The lowest BCUT2D eigenvalue weighted by atomic mass is 10.2.